The maximum absolute atomic E-state index is 10.9. The van der Waals surface area contributed by atoms with Crippen molar-refractivity contribution in [1.82, 2.24) is 0 Å². The first kappa shape index (κ1) is 13.2. The molecule has 3 N–H and O–H groups in total. The molecular formula is C12H17NO4. The highest BCUT2D eigenvalue weighted by atomic mass is 16.5. The standard InChI is InChI=1S/C12H17NO4/c1-12(2,11(14)15)7-17-8-4-5-10(16-3)9(13)6-8/h4-6H,7,13H2,1-3H3,(H,14,15). The van der Waals surface area contributed by atoms with Crippen molar-refractivity contribution in [2.45, 2.75) is 13.8 Å². The zero-order chi connectivity index (χ0) is 13.1. The smallest absolute Gasteiger partial charge is 0.312 e. The predicted molar refractivity (Wildman–Crippen MR) is 64.3 cm³/mol. The van der Waals surface area contributed by atoms with E-state index >= 15 is 0 Å². The lowest BCUT2D eigenvalue weighted by Crippen LogP contribution is -2.30. The van der Waals surface area contributed by atoms with Crippen molar-refractivity contribution >= 4 is 11.7 Å². The van der Waals surface area contributed by atoms with Gasteiger partial charge in [0.1, 0.15) is 18.1 Å². The largest absolute Gasteiger partial charge is 0.495 e. The molecule has 0 bridgehead atoms. The summed E-state index contributed by atoms with van der Waals surface area (Å²) in [5.74, 6) is 0.187. The molecule has 0 atom stereocenters. The SMILES string of the molecule is COc1ccc(OCC(C)(C)C(=O)O)cc1N. The molecule has 0 fully saturated rings. The summed E-state index contributed by atoms with van der Waals surface area (Å²) in [5.41, 5.74) is 5.23. The van der Waals surface area contributed by atoms with Crippen LogP contribution in [-0.2, 0) is 4.79 Å². The monoisotopic (exact) mass is 239 g/mol. The minimum absolute atomic E-state index is 0.0775. The van der Waals surface area contributed by atoms with Crippen LogP contribution in [-0.4, -0.2) is 24.8 Å². The average molecular weight is 239 g/mol. The molecule has 5 nitrogen and oxygen atoms in total. The number of rotatable bonds is 5. The topological polar surface area (TPSA) is 81.8 Å². The van der Waals surface area contributed by atoms with E-state index in [9.17, 15) is 4.79 Å². The van der Waals surface area contributed by atoms with Gasteiger partial charge < -0.3 is 20.3 Å². The van der Waals surface area contributed by atoms with E-state index in [-0.39, 0.29) is 6.61 Å². The maximum Gasteiger partial charge on any atom is 0.312 e. The Kier molecular flexibility index (Phi) is 3.83. The number of carboxylic acids is 1. The van der Waals surface area contributed by atoms with Gasteiger partial charge in [-0.15, -0.1) is 0 Å². The molecule has 0 amide bonds. The normalized spacial score (nSPS) is 11.0. The Hall–Kier alpha value is -1.91. The van der Waals surface area contributed by atoms with Crippen molar-refractivity contribution in [3.8, 4) is 11.5 Å². The van der Waals surface area contributed by atoms with E-state index in [1.165, 1.54) is 7.11 Å². The Labute approximate surface area is 100 Å². The van der Waals surface area contributed by atoms with Crippen LogP contribution >= 0.6 is 0 Å². The number of nitrogen functional groups attached to an aromatic ring is 1. The molecule has 17 heavy (non-hydrogen) atoms. The second kappa shape index (κ2) is 4.95. The van der Waals surface area contributed by atoms with Crippen molar-refractivity contribution in [2.24, 2.45) is 5.41 Å². The van der Waals surface area contributed by atoms with Crippen molar-refractivity contribution in [3.63, 3.8) is 0 Å². The number of carbonyl (C=O) groups is 1. The molecule has 0 saturated heterocycles. The van der Waals surface area contributed by atoms with Crippen LogP contribution in [0.1, 0.15) is 13.8 Å². The molecule has 0 aliphatic carbocycles. The van der Waals surface area contributed by atoms with Gasteiger partial charge in [0, 0.05) is 6.07 Å². The molecule has 0 heterocycles. The van der Waals surface area contributed by atoms with Gasteiger partial charge >= 0.3 is 5.97 Å². The molecule has 1 rings (SSSR count). The lowest BCUT2D eigenvalue weighted by molar-refractivity contribution is -0.148. The van der Waals surface area contributed by atoms with E-state index in [2.05, 4.69) is 0 Å². The number of aliphatic carboxylic acids is 1. The molecule has 5 heteroatoms. The van der Waals surface area contributed by atoms with Crippen LogP contribution in [0.4, 0.5) is 5.69 Å². The Balaban J connectivity index is 2.71. The molecule has 0 aliphatic heterocycles. The summed E-state index contributed by atoms with van der Waals surface area (Å²) in [7, 11) is 1.53. The zero-order valence-corrected chi connectivity index (χ0v) is 10.2. The Bertz CT molecular complexity index is 415. The van der Waals surface area contributed by atoms with Gasteiger partial charge in [-0.05, 0) is 26.0 Å². The number of ether oxygens (including phenoxy) is 2. The zero-order valence-electron chi connectivity index (χ0n) is 10.2. The highest BCUT2D eigenvalue weighted by Gasteiger charge is 2.28. The molecule has 0 aromatic heterocycles. The van der Waals surface area contributed by atoms with Crippen molar-refractivity contribution in [1.29, 1.82) is 0 Å². The van der Waals surface area contributed by atoms with E-state index in [0.717, 1.165) is 0 Å². The van der Waals surface area contributed by atoms with E-state index in [0.29, 0.717) is 17.2 Å². The number of nitrogens with two attached hydrogens (primary N) is 1. The second-order valence-electron chi connectivity index (χ2n) is 4.38. The van der Waals surface area contributed by atoms with Crippen LogP contribution < -0.4 is 15.2 Å². The number of anilines is 1. The molecule has 0 saturated carbocycles. The number of carboxylic acid groups (broad SMARTS) is 1. The second-order valence-corrected chi connectivity index (χ2v) is 4.38. The van der Waals surface area contributed by atoms with Gasteiger partial charge in [0.25, 0.3) is 0 Å². The molecular weight excluding hydrogens is 222 g/mol. The van der Waals surface area contributed by atoms with Crippen LogP contribution in [0.25, 0.3) is 0 Å². The van der Waals surface area contributed by atoms with Crippen molar-refractivity contribution in [2.75, 3.05) is 19.5 Å². The van der Waals surface area contributed by atoms with Gasteiger partial charge in [0.05, 0.1) is 18.2 Å². The minimum Gasteiger partial charge on any atom is -0.495 e. The Morgan fingerprint density at radius 2 is 2.12 bits per heavy atom. The Morgan fingerprint density at radius 3 is 2.59 bits per heavy atom. The number of hydrogen-bond donors (Lipinski definition) is 2. The minimum atomic E-state index is -0.936. The summed E-state index contributed by atoms with van der Waals surface area (Å²) >= 11 is 0. The molecule has 1 aromatic carbocycles. The van der Waals surface area contributed by atoms with E-state index in [4.69, 9.17) is 20.3 Å². The first-order chi connectivity index (χ1) is 7.86. The number of benzene rings is 1. The molecule has 1 aromatic rings. The Morgan fingerprint density at radius 1 is 1.47 bits per heavy atom. The van der Waals surface area contributed by atoms with Gasteiger partial charge in [-0.2, -0.15) is 0 Å². The third-order valence-electron chi connectivity index (χ3n) is 2.38. The highest BCUT2D eigenvalue weighted by molar-refractivity contribution is 5.73. The van der Waals surface area contributed by atoms with Crippen molar-refractivity contribution < 1.29 is 19.4 Å². The fraction of sp³-hybridized carbons (Fsp3) is 0.417. The van der Waals surface area contributed by atoms with Crippen molar-refractivity contribution in [3.05, 3.63) is 18.2 Å². The molecule has 0 aliphatic rings. The third kappa shape index (κ3) is 3.27. The summed E-state index contributed by atoms with van der Waals surface area (Å²) in [6.07, 6.45) is 0. The first-order valence-corrected chi connectivity index (χ1v) is 5.16. The summed E-state index contributed by atoms with van der Waals surface area (Å²) in [6, 6.07) is 4.97. The van der Waals surface area contributed by atoms with E-state index in [1.54, 1.807) is 32.0 Å². The van der Waals surface area contributed by atoms with Gasteiger partial charge in [0.15, 0.2) is 0 Å². The summed E-state index contributed by atoms with van der Waals surface area (Å²) in [5, 5.41) is 8.93. The molecule has 0 spiro atoms. The number of methoxy groups -OCH3 is 1. The molecule has 0 radical (unpaired) electrons. The fourth-order valence-corrected chi connectivity index (χ4v) is 1.13. The fourth-order valence-electron chi connectivity index (χ4n) is 1.13. The van der Waals surface area contributed by atoms with Gasteiger partial charge in [0.2, 0.25) is 0 Å². The van der Waals surface area contributed by atoms with Crippen LogP contribution in [0.5, 0.6) is 11.5 Å². The van der Waals surface area contributed by atoms with Gasteiger partial charge in [-0.3, -0.25) is 4.79 Å². The average Bonchev–Trinajstić information content (AvgIpc) is 2.26. The van der Waals surface area contributed by atoms with E-state index < -0.39 is 11.4 Å². The molecule has 94 valence electrons. The van der Waals surface area contributed by atoms with Gasteiger partial charge in [-0.1, -0.05) is 0 Å². The van der Waals surface area contributed by atoms with Crippen LogP contribution in [0.2, 0.25) is 0 Å². The van der Waals surface area contributed by atoms with Crippen LogP contribution in [0.15, 0.2) is 18.2 Å². The van der Waals surface area contributed by atoms with E-state index in [1.807, 2.05) is 0 Å². The summed E-state index contributed by atoms with van der Waals surface area (Å²) in [6.45, 7) is 3.28. The summed E-state index contributed by atoms with van der Waals surface area (Å²) in [4.78, 5) is 10.9. The van der Waals surface area contributed by atoms with Crippen LogP contribution in [0, 0.1) is 5.41 Å². The maximum atomic E-state index is 10.9. The van der Waals surface area contributed by atoms with Gasteiger partial charge in [-0.25, -0.2) is 0 Å². The molecule has 0 unspecified atom stereocenters. The predicted octanol–water partition coefficient (Wildman–Crippen LogP) is 1.77. The highest BCUT2D eigenvalue weighted by Crippen LogP contribution is 2.27. The lowest BCUT2D eigenvalue weighted by Gasteiger charge is -2.19. The lowest BCUT2D eigenvalue weighted by atomic mass is 9.95. The summed E-state index contributed by atoms with van der Waals surface area (Å²) < 4.78 is 10.4. The first-order valence-electron chi connectivity index (χ1n) is 5.16. The number of hydrogen-bond acceptors (Lipinski definition) is 4. The quantitative estimate of drug-likeness (QED) is 0.765. The van der Waals surface area contributed by atoms with Crippen LogP contribution in [0.3, 0.4) is 0 Å². The third-order valence-corrected chi connectivity index (χ3v) is 2.38.